The maximum absolute atomic E-state index is 12.6. The van der Waals surface area contributed by atoms with E-state index in [0.717, 1.165) is 37.2 Å². The number of aryl methyl sites for hydroxylation is 1. The standard InChI is InChI=1S/C19H20ClN3O3/c1-13-5-6-14(11-16(13)20)19(24)21-17-12-15(23(25)26)7-8-18(17)22-9-3-2-4-10-22/h5-8,11-12H,2-4,9-10H2,1H3,(H,21,24). The van der Waals surface area contributed by atoms with Crippen LogP contribution >= 0.6 is 11.6 Å². The molecule has 0 radical (unpaired) electrons. The maximum Gasteiger partial charge on any atom is 0.271 e. The Kier molecular flexibility index (Phi) is 5.42. The first-order valence-corrected chi connectivity index (χ1v) is 8.94. The number of nitrogens with zero attached hydrogens (tertiary/aromatic N) is 2. The van der Waals surface area contributed by atoms with Gasteiger partial charge in [-0.25, -0.2) is 0 Å². The Labute approximate surface area is 156 Å². The van der Waals surface area contributed by atoms with E-state index in [9.17, 15) is 14.9 Å². The molecule has 1 heterocycles. The zero-order chi connectivity index (χ0) is 18.7. The number of carbonyl (C=O) groups is 1. The van der Waals surface area contributed by atoms with Crippen LogP contribution in [0, 0.1) is 17.0 Å². The fraction of sp³-hybridized carbons (Fsp3) is 0.316. The predicted molar refractivity (Wildman–Crippen MR) is 103 cm³/mol. The number of hydrogen-bond acceptors (Lipinski definition) is 4. The number of amides is 1. The van der Waals surface area contributed by atoms with Gasteiger partial charge in [-0.1, -0.05) is 17.7 Å². The van der Waals surface area contributed by atoms with Crippen LogP contribution in [-0.4, -0.2) is 23.9 Å². The number of halogens is 1. The number of piperidine rings is 1. The van der Waals surface area contributed by atoms with Crippen molar-refractivity contribution in [1.82, 2.24) is 0 Å². The summed E-state index contributed by atoms with van der Waals surface area (Å²) in [4.78, 5) is 25.5. The van der Waals surface area contributed by atoms with Crippen molar-refractivity contribution in [1.29, 1.82) is 0 Å². The fourth-order valence-electron chi connectivity index (χ4n) is 3.08. The van der Waals surface area contributed by atoms with Gasteiger partial charge >= 0.3 is 0 Å². The molecule has 7 heteroatoms. The number of rotatable bonds is 4. The molecule has 6 nitrogen and oxygen atoms in total. The molecule has 1 saturated heterocycles. The van der Waals surface area contributed by atoms with Crippen LogP contribution in [0.25, 0.3) is 0 Å². The van der Waals surface area contributed by atoms with E-state index in [1.165, 1.54) is 18.6 Å². The molecular formula is C19H20ClN3O3. The second-order valence-corrected chi connectivity index (χ2v) is 6.83. The van der Waals surface area contributed by atoms with Crippen molar-refractivity contribution in [2.45, 2.75) is 26.2 Å². The van der Waals surface area contributed by atoms with Gasteiger partial charge in [-0.2, -0.15) is 0 Å². The largest absolute Gasteiger partial charge is 0.370 e. The van der Waals surface area contributed by atoms with Crippen LogP contribution in [0.2, 0.25) is 5.02 Å². The van der Waals surface area contributed by atoms with E-state index < -0.39 is 4.92 Å². The molecule has 1 N–H and O–H groups in total. The molecule has 2 aromatic carbocycles. The summed E-state index contributed by atoms with van der Waals surface area (Å²) in [6.07, 6.45) is 3.31. The van der Waals surface area contributed by atoms with E-state index >= 15 is 0 Å². The number of nitrogens with one attached hydrogen (secondary N) is 1. The Morgan fingerprint density at radius 2 is 1.88 bits per heavy atom. The average molecular weight is 374 g/mol. The monoisotopic (exact) mass is 373 g/mol. The van der Waals surface area contributed by atoms with E-state index in [4.69, 9.17) is 11.6 Å². The van der Waals surface area contributed by atoms with Crippen molar-refractivity contribution in [3.8, 4) is 0 Å². The molecule has 0 unspecified atom stereocenters. The second-order valence-electron chi connectivity index (χ2n) is 6.42. The third kappa shape index (κ3) is 3.96. The molecule has 0 saturated carbocycles. The maximum atomic E-state index is 12.6. The van der Waals surface area contributed by atoms with Crippen LogP contribution in [0.4, 0.5) is 17.1 Å². The lowest BCUT2D eigenvalue weighted by molar-refractivity contribution is -0.384. The summed E-state index contributed by atoms with van der Waals surface area (Å²) in [5.74, 6) is -0.342. The van der Waals surface area contributed by atoms with Gasteiger partial charge in [-0.3, -0.25) is 14.9 Å². The number of hydrogen-bond donors (Lipinski definition) is 1. The first kappa shape index (κ1) is 18.2. The summed E-state index contributed by atoms with van der Waals surface area (Å²) < 4.78 is 0. The smallest absolute Gasteiger partial charge is 0.271 e. The van der Waals surface area contributed by atoms with Gasteiger partial charge in [-0.15, -0.1) is 0 Å². The summed E-state index contributed by atoms with van der Waals surface area (Å²) in [7, 11) is 0. The number of nitro benzene ring substituents is 1. The van der Waals surface area contributed by atoms with Crippen molar-refractivity contribution in [3.63, 3.8) is 0 Å². The summed E-state index contributed by atoms with van der Waals surface area (Å²) in [5, 5.41) is 14.5. The number of non-ortho nitro benzene ring substituents is 1. The van der Waals surface area contributed by atoms with Crippen molar-refractivity contribution >= 4 is 34.6 Å². The van der Waals surface area contributed by atoms with E-state index in [1.54, 1.807) is 24.3 Å². The molecule has 1 fully saturated rings. The Morgan fingerprint density at radius 1 is 1.15 bits per heavy atom. The molecule has 2 aromatic rings. The molecule has 1 aliphatic rings. The van der Waals surface area contributed by atoms with E-state index in [-0.39, 0.29) is 11.6 Å². The Hall–Kier alpha value is -2.60. The Morgan fingerprint density at radius 3 is 2.54 bits per heavy atom. The van der Waals surface area contributed by atoms with E-state index in [1.807, 2.05) is 6.92 Å². The summed E-state index contributed by atoms with van der Waals surface area (Å²) in [6.45, 7) is 3.60. The minimum atomic E-state index is -0.460. The normalized spacial score (nSPS) is 14.2. The fourth-order valence-corrected chi connectivity index (χ4v) is 3.26. The van der Waals surface area contributed by atoms with Crippen LogP contribution in [0.5, 0.6) is 0 Å². The second kappa shape index (κ2) is 7.74. The first-order chi connectivity index (χ1) is 12.5. The van der Waals surface area contributed by atoms with Gasteiger partial charge < -0.3 is 10.2 Å². The van der Waals surface area contributed by atoms with Crippen molar-refractivity contribution in [3.05, 3.63) is 62.7 Å². The lowest BCUT2D eigenvalue weighted by Crippen LogP contribution is -2.30. The molecule has 26 heavy (non-hydrogen) atoms. The highest BCUT2D eigenvalue weighted by atomic mass is 35.5. The molecule has 3 rings (SSSR count). The quantitative estimate of drug-likeness (QED) is 0.617. The number of benzene rings is 2. The average Bonchev–Trinajstić information content (AvgIpc) is 2.64. The molecule has 0 atom stereocenters. The highest BCUT2D eigenvalue weighted by Crippen LogP contribution is 2.32. The zero-order valence-electron chi connectivity index (χ0n) is 14.5. The predicted octanol–water partition coefficient (Wildman–Crippen LogP) is 4.80. The SMILES string of the molecule is Cc1ccc(C(=O)Nc2cc([N+](=O)[O-])ccc2N2CCCCC2)cc1Cl. The third-order valence-corrected chi connectivity index (χ3v) is 4.98. The number of anilines is 2. The molecule has 136 valence electrons. The summed E-state index contributed by atoms with van der Waals surface area (Å²) >= 11 is 6.10. The topological polar surface area (TPSA) is 75.5 Å². The van der Waals surface area contributed by atoms with Gasteiger partial charge in [0.05, 0.1) is 16.3 Å². The number of nitro groups is 1. The van der Waals surface area contributed by atoms with Gasteiger partial charge in [0, 0.05) is 35.8 Å². The molecule has 0 bridgehead atoms. The molecular weight excluding hydrogens is 354 g/mol. The minimum absolute atomic E-state index is 0.0528. The lowest BCUT2D eigenvalue weighted by Gasteiger charge is -2.30. The van der Waals surface area contributed by atoms with Gasteiger partial charge in [0.25, 0.3) is 11.6 Å². The van der Waals surface area contributed by atoms with Crippen LogP contribution in [0.15, 0.2) is 36.4 Å². The van der Waals surface area contributed by atoms with Crippen molar-refractivity contribution < 1.29 is 9.72 Å². The van der Waals surface area contributed by atoms with Crippen LogP contribution in [0.1, 0.15) is 35.2 Å². The van der Waals surface area contributed by atoms with Crippen LogP contribution < -0.4 is 10.2 Å². The Balaban J connectivity index is 1.92. The number of carbonyl (C=O) groups excluding carboxylic acids is 1. The first-order valence-electron chi connectivity index (χ1n) is 8.56. The summed E-state index contributed by atoms with van der Waals surface area (Å²) in [5.41, 5.74) is 2.50. The van der Waals surface area contributed by atoms with Gasteiger partial charge in [0.1, 0.15) is 0 Å². The van der Waals surface area contributed by atoms with Gasteiger partial charge in [-0.05, 0) is 49.9 Å². The van der Waals surface area contributed by atoms with Crippen LogP contribution in [0.3, 0.4) is 0 Å². The lowest BCUT2D eigenvalue weighted by atomic mass is 10.1. The van der Waals surface area contributed by atoms with E-state index in [0.29, 0.717) is 16.3 Å². The molecule has 1 amide bonds. The molecule has 1 aliphatic heterocycles. The highest BCUT2D eigenvalue weighted by molar-refractivity contribution is 6.31. The minimum Gasteiger partial charge on any atom is -0.370 e. The van der Waals surface area contributed by atoms with E-state index in [2.05, 4.69) is 10.2 Å². The van der Waals surface area contributed by atoms with Gasteiger partial charge in [0.2, 0.25) is 0 Å². The molecule has 0 aromatic heterocycles. The van der Waals surface area contributed by atoms with Crippen molar-refractivity contribution in [2.75, 3.05) is 23.3 Å². The molecule has 0 aliphatic carbocycles. The molecule has 0 spiro atoms. The Bertz CT molecular complexity index is 848. The third-order valence-electron chi connectivity index (χ3n) is 4.57. The zero-order valence-corrected chi connectivity index (χ0v) is 15.3. The van der Waals surface area contributed by atoms with Crippen molar-refractivity contribution in [2.24, 2.45) is 0 Å². The van der Waals surface area contributed by atoms with Gasteiger partial charge in [0.15, 0.2) is 0 Å². The highest BCUT2D eigenvalue weighted by Gasteiger charge is 2.19. The summed E-state index contributed by atoms with van der Waals surface area (Å²) in [6, 6.07) is 9.66. The van der Waals surface area contributed by atoms with Crippen LogP contribution in [-0.2, 0) is 0 Å².